The van der Waals surface area contributed by atoms with Crippen LogP contribution < -0.4 is 15.2 Å². The molecule has 1 aliphatic heterocycles. The third kappa shape index (κ3) is 5.67. The SMILES string of the molecule is COc1ccc([C@@H]2C[C@@H](Cc3cccc(C)c3)C(=O)N(CC(N)=O)C2)cc1OC1CCCC1. The normalized spacial score (nSPS) is 21.3. The molecule has 1 saturated carbocycles. The van der Waals surface area contributed by atoms with Crippen LogP contribution in [0, 0.1) is 12.8 Å². The molecule has 2 aromatic rings. The number of nitrogens with zero attached hydrogens (tertiary/aromatic N) is 1. The number of aryl methyl sites for hydroxylation is 1. The van der Waals surface area contributed by atoms with E-state index in [4.69, 9.17) is 15.2 Å². The Morgan fingerprint density at radius 1 is 1.12 bits per heavy atom. The number of rotatable bonds is 8. The zero-order valence-corrected chi connectivity index (χ0v) is 19.6. The van der Waals surface area contributed by atoms with Crippen LogP contribution in [0.3, 0.4) is 0 Å². The Hall–Kier alpha value is -3.02. The second kappa shape index (κ2) is 10.3. The molecule has 176 valence electrons. The van der Waals surface area contributed by atoms with Gasteiger partial charge in [-0.1, -0.05) is 35.9 Å². The van der Waals surface area contributed by atoms with Crippen molar-refractivity contribution in [2.75, 3.05) is 20.2 Å². The highest BCUT2D eigenvalue weighted by molar-refractivity contribution is 5.86. The summed E-state index contributed by atoms with van der Waals surface area (Å²) >= 11 is 0. The van der Waals surface area contributed by atoms with E-state index in [2.05, 4.69) is 31.2 Å². The summed E-state index contributed by atoms with van der Waals surface area (Å²) in [6.45, 7) is 2.47. The molecule has 2 fully saturated rings. The van der Waals surface area contributed by atoms with Gasteiger partial charge in [0.25, 0.3) is 0 Å². The molecule has 1 aliphatic carbocycles. The molecule has 2 atom stereocenters. The summed E-state index contributed by atoms with van der Waals surface area (Å²) < 4.78 is 11.8. The van der Waals surface area contributed by atoms with Crippen LogP contribution in [0.5, 0.6) is 11.5 Å². The number of carbonyl (C=O) groups is 2. The summed E-state index contributed by atoms with van der Waals surface area (Å²) in [6, 6.07) is 14.3. The highest BCUT2D eigenvalue weighted by atomic mass is 16.5. The number of piperidine rings is 1. The minimum Gasteiger partial charge on any atom is -0.493 e. The van der Waals surface area contributed by atoms with Gasteiger partial charge in [-0.05, 0) is 68.7 Å². The quantitative estimate of drug-likeness (QED) is 0.659. The first-order valence-electron chi connectivity index (χ1n) is 11.9. The van der Waals surface area contributed by atoms with E-state index in [1.165, 1.54) is 18.4 Å². The van der Waals surface area contributed by atoms with Crippen LogP contribution in [0.15, 0.2) is 42.5 Å². The minimum absolute atomic E-state index is 0.00231. The van der Waals surface area contributed by atoms with Crippen molar-refractivity contribution in [3.63, 3.8) is 0 Å². The average Bonchev–Trinajstić information content (AvgIpc) is 3.29. The molecule has 2 aliphatic rings. The molecule has 6 heteroatoms. The lowest BCUT2D eigenvalue weighted by molar-refractivity contribution is -0.142. The first kappa shape index (κ1) is 23.1. The van der Waals surface area contributed by atoms with Gasteiger partial charge in [0.05, 0.1) is 19.8 Å². The van der Waals surface area contributed by atoms with Crippen LogP contribution in [0.4, 0.5) is 0 Å². The first-order chi connectivity index (χ1) is 15.9. The fourth-order valence-electron chi connectivity index (χ4n) is 5.22. The van der Waals surface area contributed by atoms with Crippen molar-refractivity contribution < 1.29 is 19.1 Å². The van der Waals surface area contributed by atoms with Crippen LogP contribution >= 0.6 is 0 Å². The number of methoxy groups -OCH3 is 1. The summed E-state index contributed by atoms with van der Waals surface area (Å²) in [6.07, 6.45) is 6.11. The maximum atomic E-state index is 13.2. The zero-order chi connectivity index (χ0) is 23.4. The Morgan fingerprint density at radius 3 is 2.61 bits per heavy atom. The lowest BCUT2D eigenvalue weighted by Crippen LogP contribution is -2.48. The molecular formula is C27H34N2O4. The number of ether oxygens (including phenoxy) is 2. The largest absolute Gasteiger partial charge is 0.493 e. The number of nitrogens with two attached hydrogens (primary N) is 1. The van der Waals surface area contributed by atoms with Gasteiger partial charge in [-0.2, -0.15) is 0 Å². The number of likely N-dealkylation sites (tertiary alicyclic amines) is 1. The van der Waals surface area contributed by atoms with Crippen LogP contribution in [0.1, 0.15) is 54.7 Å². The monoisotopic (exact) mass is 450 g/mol. The standard InChI is InChI=1S/C27H34N2O4/c1-18-6-5-7-19(12-18)13-21-14-22(16-29(27(21)31)17-26(28)30)20-10-11-24(32-2)25(15-20)33-23-8-3-4-9-23/h5-7,10-12,15,21-23H,3-4,8-9,13-14,16-17H2,1-2H3,(H2,28,30)/t21-,22-/m1/s1. The van der Waals surface area contributed by atoms with Crippen LogP contribution in [-0.4, -0.2) is 43.0 Å². The summed E-state index contributed by atoms with van der Waals surface area (Å²) in [7, 11) is 1.66. The predicted molar refractivity (Wildman–Crippen MR) is 127 cm³/mol. The number of primary amides is 1. The first-order valence-corrected chi connectivity index (χ1v) is 11.9. The molecule has 2 amide bonds. The van der Waals surface area contributed by atoms with E-state index >= 15 is 0 Å². The topological polar surface area (TPSA) is 81.9 Å². The number of hydrogen-bond acceptors (Lipinski definition) is 4. The molecule has 0 aromatic heterocycles. The molecule has 4 rings (SSSR count). The summed E-state index contributed by atoms with van der Waals surface area (Å²) in [4.78, 5) is 26.5. The second-order valence-electron chi connectivity index (χ2n) is 9.44. The average molecular weight is 451 g/mol. The van der Waals surface area contributed by atoms with E-state index in [0.29, 0.717) is 13.0 Å². The molecule has 33 heavy (non-hydrogen) atoms. The van der Waals surface area contributed by atoms with E-state index in [0.717, 1.165) is 41.9 Å². The molecule has 0 spiro atoms. The number of carbonyl (C=O) groups excluding carboxylic acids is 2. The van der Waals surface area contributed by atoms with E-state index in [9.17, 15) is 9.59 Å². The fraction of sp³-hybridized carbons (Fsp3) is 0.481. The van der Waals surface area contributed by atoms with Crippen LogP contribution in [-0.2, 0) is 16.0 Å². The highest BCUT2D eigenvalue weighted by Crippen LogP contribution is 2.38. The Bertz CT molecular complexity index is 999. The molecular weight excluding hydrogens is 416 g/mol. The maximum absolute atomic E-state index is 13.2. The van der Waals surface area contributed by atoms with Crippen molar-refractivity contribution in [3.05, 3.63) is 59.2 Å². The zero-order valence-electron chi connectivity index (χ0n) is 19.6. The number of hydrogen-bond donors (Lipinski definition) is 1. The van der Waals surface area contributed by atoms with Gasteiger partial charge in [-0.3, -0.25) is 9.59 Å². The molecule has 0 unspecified atom stereocenters. The third-order valence-electron chi connectivity index (χ3n) is 6.84. The van der Waals surface area contributed by atoms with Crippen molar-refractivity contribution in [2.24, 2.45) is 11.7 Å². The van der Waals surface area contributed by atoms with Gasteiger partial charge in [0.1, 0.15) is 0 Å². The van der Waals surface area contributed by atoms with Gasteiger partial charge in [0.15, 0.2) is 11.5 Å². The van der Waals surface area contributed by atoms with Gasteiger partial charge in [0.2, 0.25) is 11.8 Å². The molecule has 1 heterocycles. The van der Waals surface area contributed by atoms with Gasteiger partial charge in [-0.25, -0.2) is 0 Å². The maximum Gasteiger partial charge on any atom is 0.237 e. The van der Waals surface area contributed by atoms with E-state index in [1.54, 1.807) is 12.0 Å². The number of amides is 2. The fourth-order valence-corrected chi connectivity index (χ4v) is 5.22. The van der Waals surface area contributed by atoms with E-state index in [1.807, 2.05) is 18.2 Å². The summed E-state index contributed by atoms with van der Waals surface area (Å²) in [5, 5.41) is 0. The highest BCUT2D eigenvalue weighted by Gasteiger charge is 2.36. The Kier molecular flexibility index (Phi) is 7.21. The van der Waals surface area contributed by atoms with E-state index in [-0.39, 0.29) is 30.4 Å². The minimum atomic E-state index is -0.488. The summed E-state index contributed by atoms with van der Waals surface area (Å²) in [5.74, 6) is 0.888. The van der Waals surface area contributed by atoms with Crippen LogP contribution in [0.2, 0.25) is 0 Å². The van der Waals surface area contributed by atoms with Crippen molar-refractivity contribution in [2.45, 2.75) is 57.5 Å². The third-order valence-corrected chi connectivity index (χ3v) is 6.84. The van der Waals surface area contributed by atoms with E-state index < -0.39 is 5.91 Å². The second-order valence-corrected chi connectivity index (χ2v) is 9.44. The van der Waals surface area contributed by atoms with Crippen LogP contribution in [0.25, 0.3) is 0 Å². The summed E-state index contributed by atoms with van der Waals surface area (Å²) in [5.41, 5.74) is 8.87. The predicted octanol–water partition coefficient (Wildman–Crippen LogP) is 3.99. The lowest BCUT2D eigenvalue weighted by atomic mass is 9.81. The van der Waals surface area contributed by atoms with Crippen molar-refractivity contribution >= 4 is 11.8 Å². The molecule has 6 nitrogen and oxygen atoms in total. The molecule has 2 N–H and O–H groups in total. The molecule has 0 bridgehead atoms. The van der Waals surface area contributed by atoms with Gasteiger partial charge in [0, 0.05) is 18.4 Å². The van der Waals surface area contributed by atoms with Gasteiger partial charge in [-0.15, -0.1) is 0 Å². The van der Waals surface area contributed by atoms with Gasteiger partial charge < -0.3 is 20.1 Å². The van der Waals surface area contributed by atoms with Gasteiger partial charge >= 0.3 is 0 Å². The molecule has 1 saturated heterocycles. The van der Waals surface area contributed by atoms with Crippen molar-refractivity contribution in [1.29, 1.82) is 0 Å². The Morgan fingerprint density at radius 2 is 1.91 bits per heavy atom. The Balaban J connectivity index is 1.59. The Labute approximate surface area is 196 Å². The van der Waals surface area contributed by atoms with Crippen molar-refractivity contribution in [3.8, 4) is 11.5 Å². The van der Waals surface area contributed by atoms with Crippen molar-refractivity contribution in [1.82, 2.24) is 4.90 Å². The lowest BCUT2D eigenvalue weighted by Gasteiger charge is -2.37. The number of benzene rings is 2. The molecule has 2 aromatic carbocycles. The smallest absolute Gasteiger partial charge is 0.237 e. The molecule has 0 radical (unpaired) electrons.